The van der Waals surface area contributed by atoms with Gasteiger partial charge in [0.25, 0.3) is 0 Å². The van der Waals surface area contributed by atoms with Crippen molar-refractivity contribution in [3.63, 3.8) is 0 Å². The fourth-order valence-corrected chi connectivity index (χ4v) is 9.39. The van der Waals surface area contributed by atoms with Gasteiger partial charge in [-0.15, -0.1) is 0 Å². The number of hydrogen-bond acceptors (Lipinski definition) is 8. The maximum Gasteiger partial charge on any atom is 0.333 e. The molecule has 4 aromatic carbocycles. The Hall–Kier alpha value is -4.25. The van der Waals surface area contributed by atoms with Crippen LogP contribution in [0.3, 0.4) is 0 Å². The van der Waals surface area contributed by atoms with Crippen LogP contribution < -0.4 is 9.80 Å². The number of amides is 4. The molecule has 7 rings (SSSR count). The molecule has 4 amide bonds. The number of barbiturate groups is 1. The minimum atomic E-state index is -1.11. The number of urea groups is 1. The number of benzene rings is 4. The van der Waals surface area contributed by atoms with Crippen LogP contribution in [0.1, 0.15) is 26.7 Å². The van der Waals surface area contributed by atoms with Crippen molar-refractivity contribution in [2.24, 2.45) is 11.8 Å². The molecule has 2 atom stereocenters. The van der Waals surface area contributed by atoms with Crippen LogP contribution in [0.15, 0.2) is 105 Å². The summed E-state index contributed by atoms with van der Waals surface area (Å²) in [6.07, 6.45) is 5.61. The predicted molar refractivity (Wildman–Crippen MR) is 200 cm³/mol. The van der Waals surface area contributed by atoms with E-state index in [0.717, 1.165) is 59.2 Å². The third-order valence-electron chi connectivity index (χ3n) is 9.51. The summed E-state index contributed by atoms with van der Waals surface area (Å²) < 4.78 is 5.29. The summed E-state index contributed by atoms with van der Waals surface area (Å²) in [6.45, 7) is 5.39. The zero-order chi connectivity index (χ0) is 34.2. The second-order valence-corrected chi connectivity index (χ2v) is 14.6. The third kappa shape index (κ3) is 5.89. The maximum atomic E-state index is 14.4. The average Bonchev–Trinajstić information content (AvgIpc) is 3.64. The van der Waals surface area contributed by atoms with Gasteiger partial charge in [-0.05, 0) is 48.4 Å². The molecule has 1 fully saturated rings. The number of thioether (sulfide) groups is 2. The highest BCUT2D eigenvalue weighted by atomic mass is 32.2. The lowest BCUT2D eigenvalue weighted by atomic mass is 9.87. The summed E-state index contributed by atoms with van der Waals surface area (Å²) >= 11 is 3.30. The number of unbranched alkanes of at least 4 members (excludes halogenated alkanes) is 1. The van der Waals surface area contributed by atoms with Gasteiger partial charge in [0.15, 0.2) is 0 Å². The first-order valence-corrected chi connectivity index (χ1v) is 18.5. The molecule has 49 heavy (non-hydrogen) atoms. The van der Waals surface area contributed by atoms with Crippen molar-refractivity contribution in [2.75, 3.05) is 50.2 Å². The van der Waals surface area contributed by atoms with Gasteiger partial charge >= 0.3 is 6.03 Å². The number of carbonyl (C=O) groups is 3. The molecule has 3 aliphatic heterocycles. The van der Waals surface area contributed by atoms with Crippen LogP contribution in [0.2, 0.25) is 0 Å². The molecule has 0 spiro atoms. The first kappa shape index (κ1) is 33.3. The van der Waals surface area contributed by atoms with E-state index >= 15 is 0 Å². The first-order chi connectivity index (χ1) is 23.9. The van der Waals surface area contributed by atoms with Crippen LogP contribution in [0, 0.1) is 11.8 Å². The summed E-state index contributed by atoms with van der Waals surface area (Å²) in [5.41, 5.74) is 2.24. The Kier molecular flexibility index (Phi) is 9.46. The second kappa shape index (κ2) is 13.9. The fraction of sp³-hybridized carbons (Fsp3) is 0.308. The van der Waals surface area contributed by atoms with Gasteiger partial charge in [-0.3, -0.25) is 19.4 Å². The number of imide groups is 2. The van der Waals surface area contributed by atoms with E-state index in [0.29, 0.717) is 13.0 Å². The predicted octanol–water partition coefficient (Wildman–Crippen LogP) is 8.32. The van der Waals surface area contributed by atoms with Gasteiger partial charge in [0.1, 0.15) is 5.92 Å². The molecule has 8 nitrogen and oxygen atoms in total. The van der Waals surface area contributed by atoms with Crippen molar-refractivity contribution in [1.29, 1.82) is 0 Å². The Balaban J connectivity index is 1.36. The zero-order valence-electron chi connectivity index (χ0n) is 28.2. The molecule has 10 heteroatoms. The van der Waals surface area contributed by atoms with Crippen molar-refractivity contribution >= 4 is 74.3 Å². The molecule has 0 N–H and O–H groups in total. The molecular formula is C39H40N4O4S2. The number of rotatable bonds is 10. The van der Waals surface area contributed by atoms with Crippen LogP contribution in [-0.4, -0.2) is 68.0 Å². The van der Waals surface area contributed by atoms with Crippen molar-refractivity contribution < 1.29 is 19.1 Å². The number of fused-ring (bicyclic) bond motifs is 6. The number of ether oxygens (including phenoxy) is 1. The molecule has 2 unspecified atom stereocenters. The van der Waals surface area contributed by atoms with Gasteiger partial charge in [0, 0.05) is 53.7 Å². The molecule has 0 aromatic heterocycles. The minimum Gasteiger partial charge on any atom is -0.383 e. The summed E-state index contributed by atoms with van der Waals surface area (Å²) in [7, 11) is 3.58. The Morgan fingerprint density at radius 3 is 1.94 bits per heavy atom. The van der Waals surface area contributed by atoms with E-state index in [1.165, 1.54) is 9.80 Å². The van der Waals surface area contributed by atoms with Gasteiger partial charge in [-0.2, -0.15) is 0 Å². The number of hydrogen-bond donors (Lipinski definition) is 0. The van der Waals surface area contributed by atoms with Crippen LogP contribution >= 0.6 is 23.5 Å². The Labute approximate surface area is 295 Å². The standard InChI is InChI=1S/C39H40N4O4S2/c1-5-7-20-42-37(44)34(38(45)43(39(42)46)21-22-47-4)27(23-32-40(3)35-28-14-10-8-12-25(28)16-18-30(35)48-32)24-33-41(6-2)36-29-15-11-9-13-26(29)17-19-31(36)49-33/h8-19,23-24,27,34H,5-7,20-22H2,1-4H3. The Morgan fingerprint density at radius 2 is 1.31 bits per heavy atom. The van der Waals surface area contributed by atoms with E-state index < -0.39 is 29.7 Å². The molecule has 0 aliphatic carbocycles. The molecule has 0 radical (unpaired) electrons. The number of anilines is 2. The second-order valence-electron chi connectivity index (χ2n) is 12.4. The summed E-state index contributed by atoms with van der Waals surface area (Å²) in [5.74, 6) is -2.68. The Bertz CT molecular complexity index is 2000. The fourth-order valence-electron chi connectivity index (χ4n) is 7.00. The SMILES string of the molecule is CCCCN1C(=O)C(C(C=C2Sc3ccc4ccccc4c3N2C)C=C2Sc3ccc4ccccc4c3N2CC)C(=O)N(CCOC)C1=O. The molecule has 0 bridgehead atoms. The molecular weight excluding hydrogens is 653 g/mol. The molecule has 1 saturated heterocycles. The van der Waals surface area contributed by atoms with E-state index in [4.69, 9.17) is 4.74 Å². The van der Waals surface area contributed by atoms with E-state index in [2.05, 4.69) is 83.5 Å². The highest BCUT2D eigenvalue weighted by Gasteiger charge is 2.48. The number of methoxy groups -OCH3 is 1. The van der Waals surface area contributed by atoms with Gasteiger partial charge in [-0.1, -0.05) is 97.5 Å². The van der Waals surface area contributed by atoms with Crippen LogP contribution in [0.5, 0.6) is 0 Å². The summed E-state index contributed by atoms with van der Waals surface area (Å²) in [6, 6.07) is 24.7. The smallest absolute Gasteiger partial charge is 0.333 e. The first-order valence-electron chi connectivity index (χ1n) is 16.9. The maximum absolute atomic E-state index is 14.4. The van der Waals surface area contributed by atoms with Crippen molar-refractivity contribution in [1.82, 2.24) is 9.80 Å². The molecule has 4 aromatic rings. The monoisotopic (exact) mass is 692 g/mol. The number of allylic oxidation sites excluding steroid dienone is 2. The van der Waals surface area contributed by atoms with Gasteiger partial charge in [0.2, 0.25) is 11.8 Å². The van der Waals surface area contributed by atoms with E-state index in [-0.39, 0.29) is 19.7 Å². The molecule has 0 saturated carbocycles. The summed E-state index contributed by atoms with van der Waals surface area (Å²) in [4.78, 5) is 51.6. The zero-order valence-corrected chi connectivity index (χ0v) is 29.9. The van der Waals surface area contributed by atoms with Crippen molar-refractivity contribution in [3.8, 4) is 0 Å². The largest absolute Gasteiger partial charge is 0.383 e. The molecule has 3 aliphatic rings. The minimum absolute atomic E-state index is 0.0831. The van der Waals surface area contributed by atoms with Crippen LogP contribution in [0.25, 0.3) is 21.5 Å². The van der Waals surface area contributed by atoms with Crippen LogP contribution in [0.4, 0.5) is 16.2 Å². The lowest BCUT2D eigenvalue weighted by molar-refractivity contribution is -0.150. The van der Waals surface area contributed by atoms with Crippen LogP contribution in [-0.2, 0) is 14.3 Å². The highest BCUT2D eigenvalue weighted by Crippen LogP contribution is 2.52. The van der Waals surface area contributed by atoms with Gasteiger partial charge in [0.05, 0.1) is 34.6 Å². The normalized spacial score (nSPS) is 20.0. The topological polar surface area (TPSA) is 73.4 Å². The van der Waals surface area contributed by atoms with E-state index in [9.17, 15) is 14.4 Å². The average molecular weight is 693 g/mol. The lowest BCUT2D eigenvalue weighted by Gasteiger charge is -2.39. The third-order valence-corrected chi connectivity index (χ3v) is 11.8. The van der Waals surface area contributed by atoms with Crippen molar-refractivity contribution in [3.05, 3.63) is 95.0 Å². The lowest BCUT2D eigenvalue weighted by Crippen LogP contribution is -2.61. The Morgan fingerprint density at radius 1 is 0.735 bits per heavy atom. The number of carbonyl (C=O) groups excluding carboxylic acids is 3. The molecule has 252 valence electrons. The van der Waals surface area contributed by atoms with Gasteiger partial charge < -0.3 is 14.5 Å². The van der Waals surface area contributed by atoms with Crippen molar-refractivity contribution in [2.45, 2.75) is 36.5 Å². The van der Waals surface area contributed by atoms with E-state index in [1.54, 1.807) is 30.6 Å². The highest BCUT2D eigenvalue weighted by molar-refractivity contribution is 8.04. The van der Waals surface area contributed by atoms with Gasteiger partial charge in [-0.25, -0.2) is 4.79 Å². The summed E-state index contributed by atoms with van der Waals surface area (Å²) in [5, 5.41) is 6.51. The van der Waals surface area contributed by atoms with E-state index in [1.807, 2.05) is 32.2 Å². The quantitative estimate of drug-likeness (QED) is 0.154. The molecule has 3 heterocycles. The number of nitrogens with zero attached hydrogens (tertiary/aromatic N) is 4.